The Morgan fingerprint density at radius 3 is 2.87 bits per heavy atom. The zero-order valence-corrected chi connectivity index (χ0v) is 8.64. The van der Waals surface area contributed by atoms with Crippen molar-refractivity contribution < 1.29 is 9.13 Å². The van der Waals surface area contributed by atoms with Crippen molar-refractivity contribution in [2.75, 3.05) is 6.61 Å². The van der Waals surface area contributed by atoms with Gasteiger partial charge in [-0.3, -0.25) is 0 Å². The summed E-state index contributed by atoms with van der Waals surface area (Å²) in [5.74, 6) is 0.0303. The zero-order chi connectivity index (χ0) is 11.3. The lowest BCUT2D eigenvalue weighted by Crippen LogP contribution is -2.04. The number of azide groups is 1. The van der Waals surface area contributed by atoms with Crippen LogP contribution in [0.25, 0.3) is 10.4 Å². The average molecular weight is 209 g/mol. The van der Waals surface area contributed by atoms with E-state index in [9.17, 15) is 4.39 Å². The van der Waals surface area contributed by atoms with Crippen molar-refractivity contribution in [1.29, 1.82) is 0 Å². The minimum atomic E-state index is -0.575. The second-order valence-corrected chi connectivity index (χ2v) is 3.48. The predicted molar refractivity (Wildman–Crippen MR) is 55.5 cm³/mol. The highest BCUT2D eigenvalue weighted by molar-refractivity contribution is 5.52. The molecule has 0 unspecified atom stereocenters. The summed E-state index contributed by atoms with van der Waals surface area (Å²) < 4.78 is 18.5. The van der Waals surface area contributed by atoms with E-state index in [2.05, 4.69) is 10.0 Å². The van der Waals surface area contributed by atoms with Crippen LogP contribution in [-0.2, 0) is 0 Å². The summed E-state index contributed by atoms with van der Waals surface area (Å²) in [6, 6.07) is 4.32. The number of hydrogen-bond acceptors (Lipinski definition) is 2. The van der Waals surface area contributed by atoms with Crippen LogP contribution in [0.15, 0.2) is 23.3 Å². The number of halogens is 1. The van der Waals surface area contributed by atoms with Crippen LogP contribution in [0.3, 0.4) is 0 Å². The smallest absolute Gasteiger partial charge is 0.136 e. The van der Waals surface area contributed by atoms with E-state index < -0.39 is 5.82 Å². The molecule has 1 rings (SSSR count). The van der Waals surface area contributed by atoms with E-state index in [0.717, 1.165) is 0 Å². The Morgan fingerprint density at radius 2 is 2.27 bits per heavy atom. The number of ether oxygens (including phenoxy) is 1. The molecule has 5 heteroatoms. The van der Waals surface area contributed by atoms with E-state index in [0.29, 0.717) is 12.5 Å². The van der Waals surface area contributed by atoms with Gasteiger partial charge in [-0.1, -0.05) is 25.0 Å². The quantitative estimate of drug-likeness (QED) is 0.422. The molecule has 0 aliphatic rings. The monoisotopic (exact) mass is 209 g/mol. The Bertz CT molecular complexity index is 386. The molecule has 1 aromatic carbocycles. The molecule has 0 saturated carbocycles. The van der Waals surface area contributed by atoms with Gasteiger partial charge in [-0.2, -0.15) is 0 Å². The molecule has 0 fully saturated rings. The zero-order valence-electron chi connectivity index (χ0n) is 8.64. The maximum absolute atomic E-state index is 13.2. The molecule has 1 aromatic rings. The van der Waals surface area contributed by atoms with Crippen LogP contribution in [0.2, 0.25) is 0 Å². The third-order valence-electron chi connectivity index (χ3n) is 1.67. The molecule has 0 heterocycles. The third kappa shape index (κ3) is 3.14. The molecule has 0 saturated heterocycles. The van der Waals surface area contributed by atoms with Gasteiger partial charge in [0.25, 0.3) is 0 Å². The van der Waals surface area contributed by atoms with Crippen molar-refractivity contribution in [3.63, 3.8) is 0 Å². The van der Waals surface area contributed by atoms with Crippen LogP contribution in [0.5, 0.6) is 5.75 Å². The summed E-state index contributed by atoms with van der Waals surface area (Å²) in [5, 5.41) is 3.26. The normalized spacial score (nSPS) is 9.87. The molecule has 0 atom stereocenters. The molecule has 0 spiro atoms. The van der Waals surface area contributed by atoms with E-state index in [1.807, 2.05) is 13.8 Å². The number of benzene rings is 1. The summed E-state index contributed by atoms with van der Waals surface area (Å²) in [5.41, 5.74) is 8.20. The van der Waals surface area contributed by atoms with E-state index in [-0.39, 0.29) is 11.4 Å². The summed E-state index contributed by atoms with van der Waals surface area (Å²) in [6.45, 7) is 4.41. The van der Waals surface area contributed by atoms with Crippen molar-refractivity contribution in [2.24, 2.45) is 11.0 Å². The Balaban J connectivity index is 2.95. The topological polar surface area (TPSA) is 58.0 Å². The van der Waals surface area contributed by atoms with E-state index in [1.165, 1.54) is 12.1 Å². The van der Waals surface area contributed by atoms with Gasteiger partial charge >= 0.3 is 0 Å². The Labute approximate surface area is 87.3 Å². The molecule has 80 valence electrons. The van der Waals surface area contributed by atoms with Crippen LogP contribution in [0.4, 0.5) is 10.1 Å². The Morgan fingerprint density at radius 1 is 1.53 bits per heavy atom. The lowest BCUT2D eigenvalue weighted by atomic mass is 10.2. The standard InChI is InChI=1S/C10H12FN3O/c1-7(2)6-15-9-5-3-4-8(11)10(9)13-14-12/h3-5,7H,6H2,1-2H3. The first-order valence-electron chi connectivity index (χ1n) is 4.61. The van der Waals surface area contributed by atoms with Gasteiger partial charge in [-0.25, -0.2) is 4.39 Å². The van der Waals surface area contributed by atoms with Crippen LogP contribution in [0, 0.1) is 11.7 Å². The van der Waals surface area contributed by atoms with Crippen molar-refractivity contribution >= 4 is 5.69 Å². The molecule has 15 heavy (non-hydrogen) atoms. The van der Waals surface area contributed by atoms with Crippen molar-refractivity contribution in [2.45, 2.75) is 13.8 Å². The van der Waals surface area contributed by atoms with Gasteiger partial charge in [0.05, 0.1) is 6.61 Å². The van der Waals surface area contributed by atoms with Crippen LogP contribution in [-0.4, -0.2) is 6.61 Å². The first-order chi connectivity index (χ1) is 7.15. The molecular weight excluding hydrogens is 197 g/mol. The SMILES string of the molecule is CC(C)COc1cccc(F)c1N=[N+]=[N-]. The first kappa shape index (κ1) is 11.3. The van der Waals surface area contributed by atoms with Gasteiger partial charge < -0.3 is 4.74 Å². The molecule has 0 radical (unpaired) electrons. The van der Waals surface area contributed by atoms with E-state index in [4.69, 9.17) is 10.3 Å². The second kappa shape index (κ2) is 5.22. The fraction of sp³-hybridized carbons (Fsp3) is 0.400. The number of nitrogens with zero attached hydrogens (tertiary/aromatic N) is 3. The predicted octanol–water partition coefficient (Wildman–Crippen LogP) is 3.80. The molecule has 0 aliphatic heterocycles. The second-order valence-electron chi connectivity index (χ2n) is 3.48. The summed E-state index contributed by atoms with van der Waals surface area (Å²) in [7, 11) is 0. The van der Waals surface area contributed by atoms with Gasteiger partial charge in [0.1, 0.15) is 17.3 Å². The van der Waals surface area contributed by atoms with Gasteiger partial charge in [-0.05, 0) is 23.6 Å². The average Bonchev–Trinajstić information content (AvgIpc) is 2.19. The molecule has 0 bridgehead atoms. The lowest BCUT2D eigenvalue weighted by molar-refractivity contribution is 0.271. The molecule has 4 nitrogen and oxygen atoms in total. The maximum atomic E-state index is 13.2. The van der Waals surface area contributed by atoms with Crippen LogP contribution in [0.1, 0.15) is 13.8 Å². The molecular formula is C10H12FN3O. The molecule has 0 aromatic heterocycles. The minimum Gasteiger partial charge on any atom is -0.493 e. The number of hydrogen-bond donors (Lipinski definition) is 0. The highest BCUT2D eigenvalue weighted by Crippen LogP contribution is 2.30. The lowest BCUT2D eigenvalue weighted by Gasteiger charge is -2.10. The van der Waals surface area contributed by atoms with Gasteiger partial charge in [0.2, 0.25) is 0 Å². The first-order valence-corrected chi connectivity index (χ1v) is 4.61. The minimum absolute atomic E-state index is 0.0827. The summed E-state index contributed by atoms with van der Waals surface area (Å²) >= 11 is 0. The van der Waals surface area contributed by atoms with E-state index >= 15 is 0 Å². The molecule has 0 N–H and O–H groups in total. The van der Waals surface area contributed by atoms with Crippen LogP contribution < -0.4 is 4.74 Å². The largest absolute Gasteiger partial charge is 0.493 e. The van der Waals surface area contributed by atoms with E-state index in [1.54, 1.807) is 6.07 Å². The summed E-state index contributed by atoms with van der Waals surface area (Å²) in [4.78, 5) is 2.56. The molecule has 0 amide bonds. The third-order valence-corrected chi connectivity index (χ3v) is 1.67. The maximum Gasteiger partial charge on any atom is 0.136 e. The van der Waals surface area contributed by atoms with Crippen molar-refractivity contribution in [3.05, 3.63) is 34.5 Å². The fourth-order valence-corrected chi connectivity index (χ4v) is 1.01. The van der Waals surface area contributed by atoms with Gasteiger partial charge in [0.15, 0.2) is 0 Å². The van der Waals surface area contributed by atoms with Crippen molar-refractivity contribution in [1.82, 2.24) is 0 Å². The van der Waals surface area contributed by atoms with Gasteiger partial charge in [0, 0.05) is 4.91 Å². The Kier molecular flexibility index (Phi) is 3.94. The van der Waals surface area contributed by atoms with Crippen LogP contribution >= 0.6 is 0 Å². The summed E-state index contributed by atoms with van der Waals surface area (Å²) in [6.07, 6.45) is 0. The highest BCUT2D eigenvalue weighted by Gasteiger charge is 2.07. The Hall–Kier alpha value is -1.74. The molecule has 0 aliphatic carbocycles. The highest BCUT2D eigenvalue weighted by atomic mass is 19.1. The fourth-order valence-electron chi connectivity index (χ4n) is 1.01. The number of rotatable bonds is 4. The van der Waals surface area contributed by atoms with Gasteiger partial charge in [-0.15, -0.1) is 0 Å². The van der Waals surface area contributed by atoms with Crippen molar-refractivity contribution in [3.8, 4) is 5.75 Å².